The Kier molecular flexibility index (Phi) is 1.87. The third-order valence-electron chi connectivity index (χ3n) is 2.03. The number of nitrogens with zero attached hydrogens (tertiary/aromatic N) is 1. The second-order valence-corrected chi connectivity index (χ2v) is 3.67. The van der Waals surface area contributed by atoms with E-state index in [0.717, 1.165) is 4.19 Å². The summed E-state index contributed by atoms with van der Waals surface area (Å²) in [6.45, 7) is 0. The van der Waals surface area contributed by atoms with E-state index in [2.05, 4.69) is 63.6 Å². The second kappa shape index (κ2) is 2.89. The van der Waals surface area contributed by atoms with Crippen LogP contribution in [0.1, 0.15) is 0 Å². The standard InChI is InChI=1S/C10H9NSe/c1-11-9-5-3-2-4-8(9)6-7-10(11)12/h2-7H,1H3. The topological polar surface area (TPSA) is 4.93 Å². The molecule has 2 rings (SSSR count). The first-order chi connectivity index (χ1) is 5.79. The molecule has 0 N–H and O–H groups in total. The molecule has 2 aromatic rings. The van der Waals surface area contributed by atoms with Crippen molar-refractivity contribution in [1.82, 2.24) is 4.57 Å². The van der Waals surface area contributed by atoms with Crippen LogP contribution < -0.4 is 0 Å². The van der Waals surface area contributed by atoms with Crippen LogP contribution in [0.4, 0.5) is 0 Å². The van der Waals surface area contributed by atoms with E-state index in [-0.39, 0.29) is 0 Å². The van der Waals surface area contributed by atoms with Gasteiger partial charge < -0.3 is 0 Å². The molecule has 0 unspecified atom stereocenters. The molecule has 0 atom stereocenters. The van der Waals surface area contributed by atoms with Crippen molar-refractivity contribution in [2.45, 2.75) is 0 Å². The molecule has 0 aliphatic carbocycles. The SMILES string of the molecule is Cn1c(=[Se])ccc2ccccc21. The van der Waals surface area contributed by atoms with Crippen LogP contribution in [-0.2, 0) is 7.05 Å². The van der Waals surface area contributed by atoms with Gasteiger partial charge in [-0.2, -0.15) is 0 Å². The summed E-state index contributed by atoms with van der Waals surface area (Å²) in [7, 11) is 2.06. The van der Waals surface area contributed by atoms with E-state index >= 15 is 0 Å². The Balaban J connectivity index is 3.01. The molecule has 1 nitrogen and oxygen atoms in total. The van der Waals surface area contributed by atoms with Crippen molar-refractivity contribution >= 4 is 26.5 Å². The maximum absolute atomic E-state index is 3.03. The molecule has 12 heavy (non-hydrogen) atoms. The van der Waals surface area contributed by atoms with E-state index < -0.39 is 0 Å². The summed E-state index contributed by atoms with van der Waals surface area (Å²) in [5.41, 5.74) is 1.26. The van der Waals surface area contributed by atoms with Crippen molar-refractivity contribution in [1.29, 1.82) is 0 Å². The molecule has 2 heteroatoms. The first-order valence-electron chi connectivity index (χ1n) is 3.84. The zero-order valence-corrected chi connectivity index (χ0v) is 8.53. The number of benzene rings is 1. The minimum absolute atomic E-state index is 1.16. The van der Waals surface area contributed by atoms with E-state index in [9.17, 15) is 0 Å². The molecule has 60 valence electrons. The van der Waals surface area contributed by atoms with Gasteiger partial charge >= 0.3 is 78.7 Å². The number of fused-ring (bicyclic) bond motifs is 1. The van der Waals surface area contributed by atoms with Gasteiger partial charge in [-0.3, -0.25) is 0 Å². The Hall–Kier alpha value is -0.851. The number of rotatable bonds is 0. The summed E-state index contributed by atoms with van der Waals surface area (Å²) < 4.78 is 3.31. The van der Waals surface area contributed by atoms with Gasteiger partial charge in [0.2, 0.25) is 0 Å². The Labute approximate surface area is 79.0 Å². The second-order valence-electron chi connectivity index (χ2n) is 2.79. The molecule has 0 aliphatic heterocycles. The molecule has 1 heterocycles. The minimum atomic E-state index is 1.16. The van der Waals surface area contributed by atoms with Gasteiger partial charge in [0.25, 0.3) is 0 Å². The molecule has 0 bridgehead atoms. The average Bonchev–Trinajstić information content (AvgIpc) is 2.12. The van der Waals surface area contributed by atoms with Crippen LogP contribution in [0.3, 0.4) is 0 Å². The van der Waals surface area contributed by atoms with Crippen LogP contribution >= 0.6 is 0 Å². The molecule has 0 saturated heterocycles. The summed E-state index contributed by atoms with van der Waals surface area (Å²) in [5.74, 6) is 0. The molecule has 0 amide bonds. The van der Waals surface area contributed by atoms with Gasteiger partial charge in [-0.15, -0.1) is 0 Å². The van der Waals surface area contributed by atoms with Gasteiger partial charge in [0.05, 0.1) is 0 Å². The van der Waals surface area contributed by atoms with E-state index in [1.165, 1.54) is 10.9 Å². The first-order valence-corrected chi connectivity index (χ1v) is 4.69. The Morgan fingerprint density at radius 1 is 1.08 bits per heavy atom. The Bertz CT molecular complexity index is 470. The molecular formula is C10H9NSe. The fourth-order valence-electron chi connectivity index (χ4n) is 1.33. The van der Waals surface area contributed by atoms with Gasteiger partial charge in [-0.1, -0.05) is 0 Å². The molecule has 0 radical (unpaired) electrons. The number of aromatic nitrogens is 1. The van der Waals surface area contributed by atoms with Gasteiger partial charge in [0.1, 0.15) is 0 Å². The molecule has 0 fully saturated rings. The van der Waals surface area contributed by atoms with Gasteiger partial charge in [0.15, 0.2) is 0 Å². The van der Waals surface area contributed by atoms with Crippen molar-refractivity contribution in [3.8, 4) is 0 Å². The summed E-state index contributed by atoms with van der Waals surface area (Å²) in [5, 5.41) is 1.28. The van der Waals surface area contributed by atoms with E-state index in [4.69, 9.17) is 0 Å². The average molecular weight is 222 g/mol. The normalized spacial score (nSPS) is 10.4. The summed E-state index contributed by atoms with van der Waals surface area (Å²) in [6.07, 6.45) is 0. The third kappa shape index (κ3) is 1.13. The van der Waals surface area contributed by atoms with Crippen LogP contribution in [0.25, 0.3) is 10.9 Å². The number of aryl methyl sites for hydroxylation is 1. The van der Waals surface area contributed by atoms with E-state index in [1.54, 1.807) is 0 Å². The maximum atomic E-state index is 3.03. The van der Waals surface area contributed by atoms with Crippen molar-refractivity contribution in [2.24, 2.45) is 7.05 Å². The van der Waals surface area contributed by atoms with E-state index in [1.807, 2.05) is 0 Å². The monoisotopic (exact) mass is 223 g/mol. The summed E-state index contributed by atoms with van der Waals surface area (Å²) in [6, 6.07) is 12.6. The predicted molar refractivity (Wildman–Crippen MR) is 51.9 cm³/mol. The molecule has 0 aliphatic rings. The third-order valence-corrected chi connectivity index (χ3v) is 2.89. The number of pyridine rings is 1. The summed E-state index contributed by atoms with van der Waals surface area (Å²) >= 11 is 3.03. The number of hydrogen-bond donors (Lipinski definition) is 0. The van der Waals surface area contributed by atoms with Crippen LogP contribution in [0, 0.1) is 4.19 Å². The fraction of sp³-hybridized carbons (Fsp3) is 0.100. The Morgan fingerprint density at radius 2 is 1.83 bits per heavy atom. The number of hydrogen-bond acceptors (Lipinski definition) is 0. The zero-order chi connectivity index (χ0) is 8.55. The zero-order valence-electron chi connectivity index (χ0n) is 6.82. The van der Waals surface area contributed by atoms with Gasteiger partial charge in [-0.05, 0) is 0 Å². The Morgan fingerprint density at radius 3 is 2.67 bits per heavy atom. The molecule has 1 aromatic heterocycles. The molecule has 1 aromatic carbocycles. The van der Waals surface area contributed by atoms with Crippen LogP contribution in [0.5, 0.6) is 0 Å². The molecular weight excluding hydrogens is 213 g/mol. The molecule has 0 spiro atoms. The van der Waals surface area contributed by atoms with Crippen molar-refractivity contribution < 1.29 is 0 Å². The van der Waals surface area contributed by atoms with E-state index in [0.29, 0.717) is 0 Å². The van der Waals surface area contributed by atoms with Gasteiger partial charge in [-0.25, -0.2) is 0 Å². The summed E-state index contributed by atoms with van der Waals surface area (Å²) in [4.78, 5) is 0. The van der Waals surface area contributed by atoms with Gasteiger partial charge in [0, 0.05) is 0 Å². The van der Waals surface area contributed by atoms with Crippen molar-refractivity contribution in [2.75, 3.05) is 0 Å². The van der Waals surface area contributed by atoms with Crippen LogP contribution in [0.15, 0.2) is 36.4 Å². The predicted octanol–water partition coefficient (Wildman–Crippen LogP) is 1.88. The van der Waals surface area contributed by atoms with Crippen LogP contribution in [0.2, 0.25) is 0 Å². The van der Waals surface area contributed by atoms with Crippen molar-refractivity contribution in [3.63, 3.8) is 0 Å². The number of para-hydroxylation sites is 1. The van der Waals surface area contributed by atoms with Crippen molar-refractivity contribution in [3.05, 3.63) is 40.6 Å². The molecule has 0 saturated carbocycles. The first kappa shape index (κ1) is 7.78. The van der Waals surface area contributed by atoms with Crippen LogP contribution in [-0.4, -0.2) is 20.1 Å². The fourth-order valence-corrected chi connectivity index (χ4v) is 1.67. The quantitative estimate of drug-likeness (QED) is 0.600.